The number of carboxylic acids is 2. The predicted octanol–water partition coefficient (Wildman–Crippen LogP) is 1.26. The van der Waals surface area contributed by atoms with Gasteiger partial charge in [-0.05, 0) is 12.3 Å². The summed E-state index contributed by atoms with van der Waals surface area (Å²) in [5, 5.41) is 18.7. The molecule has 0 bridgehead atoms. The molecule has 1 unspecified atom stereocenters. The molecule has 22 heavy (non-hydrogen) atoms. The van der Waals surface area contributed by atoms with E-state index in [-0.39, 0.29) is 6.61 Å². The lowest BCUT2D eigenvalue weighted by Gasteiger charge is -2.29. The summed E-state index contributed by atoms with van der Waals surface area (Å²) < 4.78 is 14.3. The van der Waals surface area contributed by atoms with Crippen LogP contribution in [0.4, 0.5) is 0 Å². The van der Waals surface area contributed by atoms with E-state index in [0.29, 0.717) is 0 Å². The van der Waals surface area contributed by atoms with Crippen LogP contribution in [-0.4, -0.2) is 48.6 Å². The fourth-order valence-corrected chi connectivity index (χ4v) is 1.85. The Hall–Kier alpha value is -2.09. The Morgan fingerprint density at radius 3 is 1.95 bits per heavy atom. The predicted molar refractivity (Wildman–Crippen MR) is 74.8 cm³/mol. The van der Waals surface area contributed by atoms with Gasteiger partial charge in [-0.15, -0.1) is 0 Å². The molecule has 0 heterocycles. The third-order valence-corrected chi connectivity index (χ3v) is 2.66. The first-order valence-corrected chi connectivity index (χ1v) is 6.57. The molecule has 0 rings (SSSR count). The van der Waals surface area contributed by atoms with Crippen molar-refractivity contribution in [1.82, 2.24) is 0 Å². The van der Waals surface area contributed by atoms with Crippen LogP contribution in [0.5, 0.6) is 0 Å². The van der Waals surface area contributed by atoms with Gasteiger partial charge in [-0.2, -0.15) is 0 Å². The number of carbonyl (C=O) groups is 3. The van der Waals surface area contributed by atoms with Gasteiger partial charge in [-0.25, -0.2) is 9.59 Å². The number of aliphatic carboxylic acids is 2. The maximum absolute atomic E-state index is 12.1. The Morgan fingerprint density at radius 2 is 1.64 bits per heavy atom. The second-order valence-electron chi connectivity index (χ2n) is 5.46. The molecule has 8 heteroatoms. The van der Waals surface area contributed by atoms with Gasteiger partial charge in [-0.3, -0.25) is 4.79 Å². The number of esters is 1. The van der Waals surface area contributed by atoms with Crippen LogP contribution in [0.25, 0.3) is 0 Å². The number of hydrogen-bond acceptors (Lipinski definition) is 6. The van der Waals surface area contributed by atoms with Gasteiger partial charge in [0.15, 0.2) is 6.79 Å². The maximum atomic E-state index is 12.1. The second-order valence-corrected chi connectivity index (χ2v) is 5.46. The normalized spacial score (nSPS) is 13.9. The number of hydrogen-bond donors (Lipinski definition) is 2. The smallest absolute Gasteiger partial charge is 0.371 e. The van der Waals surface area contributed by atoms with E-state index < -0.39 is 47.4 Å². The van der Waals surface area contributed by atoms with E-state index in [9.17, 15) is 24.6 Å². The van der Waals surface area contributed by atoms with Gasteiger partial charge in [0, 0.05) is 7.11 Å². The van der Waals surface area contributed by atoms with Gasteiger partial charge in [0.05, 0.1) is 12.5 Å². The van der Waals surface area contributed by atoms with Crippen LogP contribution < -0.4 is 0 Å². The molecule has 0 fully saturated rings. The summed E-state index contributed by atoms with van der Waals surface area (Å²) in [7, 11) is 1.27. The van der Waals surface area contributed by atoms with Crippen LogP contribution in [0.15, 0.2) is 11.3 Å². The molecular weight excluding hydrogens is 296 g/mol. The van der Waals surface area contributed by atoms with Crippen molar-refractivity contribution in [2.45, 2.75) is 27.7 Å². The molecular formula is C14H22O8. The molecule has 8 nitrogen and oxygen atoms in total. The zero-order chi connectivity index (χ0) is 17.5. The SMILES string of the molecule is CCOC(=O)C(=C(OCOC)C(=O)O)C(C(=O)O)C(C)(C)C. The molecule has 0 aromatic carbocycles. The molecule has 0 saturated heterocycles. The third kappa shape index (κ3) is 5.36. The van der Waals surface area contributed by atoms with Crippen molar-refractivity contribution in [2.24, 2.45) is 11.3 Å². The zero-order valence-corrected chi connectivity index (χ0v) is 13.3. The molecule has 0 aromatic rings. The summed E-state index contributed by atoms with van der Waals surface area (Å²) in [5.41, 5.74) is -1.49. The summed E-state index contributed by atoms with van der Waals surface area (Å²) in [4.78, 5) is 35.1. The Labute approximate surface area is 128 Å². The largest absolute Gasteiger partial charge is 0.481 e. The lowest BCUT2D eigenvalue weighted by atomic mass is 9.75. The summed E-state index contributed by atoms with van der Waals surface area (Å²) >= 11 is 0. The molecule has 1 atom stereocenters. The highest BCUT2D eigenvalue weighted by Crippen LogP contribution is 2.35. The number of ether oxygens (including phenoxy) is 3. The molecule has 2 N–H and O–H groups in total. The maximum Gasteiger partial charge on any atom is 0.371 e. The lowest BCUT2D eigenvalue weighted by molar-refractivity contribution is -0.150. The third-order valence-electron chi connectivity index (χ3n) is 2.66. The molecule has 0 aliphatic heterocycles. The van der Waals surface area contributed by atoms with Crippen LogP contribution in [0.3, 0.4) is 0 Å². The van der Waals surface area contributed by atoms with Crippen LogP contribution in [0.1, 0.15) is 27.7 Å². The topological polar surface area (TPSA) is 119 Å². The minimum absolute atomic E-state index is 0.0318. The average molecular weight is 318 g/mol. The molecule has 0 radical (unpaired) electrons. The number of carboxylic acid groups (broad SMARTS) is 2. The monoisotopic (exact) mass is 318 g/mol. The first-order chi connectivity index (χ1) is 10.1. The Bertz CT molecular complexity index is 458. The van der Waals surface area contributed by atoms with Crippen LogP contribution >= 0.6 is 0 Å². The van der Waals surface area contributed by atoms with E-state index in [1.54, 1.807) is 20.8 Å². The van der Waals surface area contributed by atoms with Gasteiger partial charge in [0.2, 0.25) is 5.76 Å². The highest BCUT2D eigenvalue weighted by molar-refractivity contribution is 6.02. The Balaban J connectivity index is 6.23. The van der Waals surface area contributed by atoms with Crippen molar-refractivity contribution in [3.05, 3.63) is 11.3 Å². The summed E-state index contributed by atoms with van der Waals surface area (Å²) in [6.07, 6.45) is 0. The van der Waals surface area contributed by atoms with E-state index in [2.05, 4.69) is 4.74 Å². The van der Waals surface area contributed by atoms with E-state index in [1.165, 1.54) is 14.0 Å². The standard InChI is InChI=1S/C14H22O8/c1-6-21-13(19)8(9(11(15)16)14(2,3)4)10(12(17)18)22-7-20-5/h9H,6-7H2,1-5H3,(H,15,16)(H,17,18). The molecule has 0 aliphatic rings. The van der Waals surface area contributed by atoms with Crippen molar-refractivity contribution >= 4 is 17.9 Å². The number of carbonyl (C=O) groups excluding carboxylic acids is 1. The molecule has 0 saturated carbocycles. The summed E-state index contributed by atoms with van der Waals surface area (Å²) in [5.74, 6) is -6.18. The molecule has 0 spiro atoms. The molecule has 0 aromatic heterocycles. The summed E-state index contributed by atoms with van der Waals surface area (Å²) in [6, 6.07) is 0. The number of methoxy groups -OCH3 is 1. The second kappa shape index (κ2) is 8.38. The molecule has 126 valence electrons. The van der Waals surface area contributed by atoms with Crippen molar-refractivity contribution in [1.29, 1.82) is 0 Å². The number of rotatable bonds is 8. The van der Waals surface area contributed by atoms with Crippen molar-refractivity contribution in [3.8, 4) is 0 Å². The van der Waals surface area contributed by atoms with Crippen LogP contribution in [0, 0.1) is 11.3 Å². The lowest BCUT2D eigenvalue weighted by Crippen LogP contribution is -2.36. The molecule has 0 amide bonds. The minimum Gasteiger partial charge on any atom is -0.481 e. The van der Waals surface area contributed by atoms with Crippen LogP contribution in [0.2, 0.25) is 0 Å². The van der Waals surface area contributed by atoms with E-state index >= 15 is 0 Å². The fraction of sp³-hybridized carbons (Fsp3) is 0.643. The van der Waals surface area contributed by atoms with Gasteiger partial charge < -0.3 is 24.4 Å². The van der Waals surface area contributed by atoms with Crippen LogP contribution in [-0.2, 0) is 28.6 Å². The van der Waals surface area contributed by atoms with Gasteiger partial charge >= 0.3 is 17.9 Å². The highest BCUT2D eigenvalue weighted by Gasteiger charge is 2.42. The van der Waals surface area contributed by atoms with Crippen molar-refractivity contribution in [3.63, 3.8) is 0 Å². The summed E-state index contributed by atoms with van der Waals surface area (Å²) in [6.45, 7) is 5.76. The van der Waals surface area contributed by atoms with E-state index in [1.807, 2.05) is 0 Å². The first kappa shape index (κ1) is 19.9. The van der Waals surface area contributed by atoms with E-state index in [4.69, 9.17) is 9.47 Å². The quantitative estimate of drug-likeness (QED) is 0.297. The highest BCUT2D eigenvalue weighted by atomic mass is 16.7. The van der Waals surface area contributed by atoms with E-state index in [0.717, 1.165) is 0 Å². The molecule has 0 aliphatic carbocycles. The zero-order valence-electron chi connectivity index (χ0n) is 13.3. The van der Waals surface area contributed by atoms with Crippen molar-refractivity contribution < 1.29 is 38.8 Å². The van der Waals surface area contributed by atoms with Crippen molar-refractivity contribution in [2.75, 3.05) is 20.5 Å². The van der Waals surface area contributed by atoms with Gasteiger partial charge in [0.1, 0.15) is 5.57 Å². The average Bonchev–Trinajstić information content (AvgIpc) is 2.35. The van der Waals surface area contributed by atoms with Gasteiger partial charge in [0.25, 0.3) is 0 Å². The Kier molecular flexibility index (Phi) is 7.58. The Morgan fingerprint density at radius 1 is 1.09 bits per heavy atom. The minimum atomic E-state index is -1.57. The first-order valence-electron chi connectivity index (χ1n) is 6.57. The fourth-order valence-electron chi connectivity index (χ4n) is 1.85. The van der Waals surface area contributed by atoms with Gasteiger partial charge in [-0.1, -0.05) is 20.8 Å².